The molecule has 0 radical (unpaired) electrons. The molecular formula is C25H29ClF3NO3. The van der Waals surface area contributed by atoms with E-state index in [1.165, 1.54) is 6.92 Å². The molecule has 2 aromatic carbocycles. The van der Waals surface area contributed by atoms with E-state index in [0.717, 1.165) is 37.7 Å². The molecular weight excluding hydrogens is 455 g/mol. The first-order chi connectivity index (χ1) is 15.7. The summed E-state index contributed by atoms with van der Waals surface area (Å²) in [7, 11) is 0. The third-order valence-electron chi connectivity index (χ3n) is 5.77. The third kappa shape index (κ3) is 8.82. The standard InChI is InChI=1S/C24H28ClNO3.CHF3/c1-17(27)21-11-10-19(16-22(21)25)7-5-6-18-12-14-26(15-13-18)24(29)23(28)20-8-3-2-4-9-20;2-1(3)4/h2-4,8-11,16,18,23,28H,5-7,12-15H2,1H3;1H. The van der Waals surface area contributed by atoms with Crippen LogP contribution in [-0.2, 0) is 11.2 Å². The summed E-state index contributed by atoms with van der Waals surface area (Å²) in [5.74, 6) is 0.384. The van der Waals surface area contributed by atoms with Gasteiger partial charge >= 0.3 is 6.68 Å². The van der Waals surface area contributed by atoms with Gasteiger partial charge in [-0.3, -0.25) is 9.59 Å². The van der Waals surface area contributed by atoms with Crippen molar-refractivity contribution in [3.8, 4) is 0 Å². The molecule has 0 spiro atoms. The monoisotopic (exact) mass is 483 g/mol. The molecule has 1 fully saturated rings. The van der Waals surface area contributed by atoms with E-state index < -0.39 is 12.8 Å². The van der Waals surface area contributed by atoms with Crippen molar-refractivity contribution in [3.63, 3.8) is 0 Å². The number of carbonyl (C=O) groups excluding carboxylic acids is 2. The Morgan fingerprint density at radius 1 is 1.09 bits per heavy atom. The summed E-state index contributed by atoms with van der Waals surface area (Å²) in [5, 5.41) is 10.9. The number of hydrogen-bond acceptors (Lipinski definition) is 3. The van der Waals surface area contributed by atoms with Crippen LogP contribution < -0.4 is 0 Å². The van der Waals surface area contributed by atoms with E-state index >= 15 is 0 Å². The van der Waals surface area contributed by atoms with Gasteiger partial charge in [0, 0.05) is 18.7 Å². The van der Waals surface area contributed by atoms with Crippen LogP contribution in [0.5, 0.6) is 0 Å². The quantitative estimate of drug-likeness (QED) is 0.490. The summed E-state index contributed by atoms with van der Waals surface area (Å²) in [6.07, 6.45) is 3.96. The number of piperidine rings is 1. The molecule has 3 rings (SSSR count). The van der Waals surface area contributed by atoms with Gasteiger partial charge in [0.15, 0.2) is 11.9 Å². The number of likely N-dealkylation sites (tertiary alicyclic amines) is 1. The Kier molecular flexibility index (Phi) is 10.9. The van der Waals surface area contributed by atoms with Crippen molar-refractivity contribution in [2.24, 2.45) is 5.92 Å². The molecule has 4 nitrogen and oxygen atoms in total. The molecule has 1 saturated heterocycles. The lowest BCUT2D eigenvalue weighted by atomic mass is 9.90. The summed E-state index contributed by atoms with van der Waals surface area (Å²) in [5.41, 5.74) is 2.37. The first kappa shape index (κ1) is 26.9. The highest BCUT2D eigenvalue weighted by atomic mass is 35.5. The van der Waals surface area contributed by atoms with Crippen LogP contribution >= 0.6 is 11.6 Å². The fourth-order valence-electron chi connectivity index (χ4n) is 3.99. The van der Waals surface area contributed by atoms with E-state index in [4.69, 9.17) is 11.6 Å². The van der Waals surface area contributed by atoms with Crippen molar-refractivity contribution in [2.45, 2.75) is 51.8 Å². The van der Waals surface area contributed by atoms with Crippen LogP contribution in [0.15, 0.2) is 48.5 Å². The van der Waals surface area contributed by atoms with Crippen LogP contribution in [-0.4, -0.2) is 41.5 Å². The second-order valence-corrected chi connectivity index (χ2v) is 8.50. The number of Topliss-reactive ketones (excluding diaryl/α,β-unsaturated/α-hetero) is 1. The molecule has 1 aliphatic rings. The van der Waals surface area contributed by atoms with Gasteiger partial charge in [0.05, 0.1) is 5.02 Å². The number of amides is 1. The lowest BCUT2D eigenvalue weighted by Gasteiger charge is -2.33. The molecule has 1 amide bonds. The molecule has 1 unspecified atom stereocenters. The topological polar surface area (TPSA) is 57.6 Å². The fraction of sp³-hybridized carbons (Fsp3) is 0.440. The molecule has 1 heterocycles. The number of rotatable bonds is 7. The Hall–Kier alpha value is -2.38. The molecule has 33 heavy (non-hydrogen) atoms. The number of alkyl halides is 3. The van der Waals surface area contributed by atoms with Crippen LogP contribution in [0.1, 0.15) is 60.2 Å². The predicted molar refractivity (Wildman–Crippen MR) is 122 cm³/mol. The average molecular weight is 484 g/mol. The van der Waals surface area contributed by atoms with Gasteiger partial charge in [-0.15, -0.1) is 0 Å². The largest absolute Gasteiger partial charge is 0.379 e. The van der Waals surface area contributed by atoms with Gasteiger partial charge in [0.2, 0.25) is 0 Å². The highest BCUT2D eigenvalue weighted by Gasteiger charge is 2.27. The minimum absolute atomic E-state index is 0.0137. The van der Waals surface area contributed by atoms with E-state index in [-0.39, 0.29) is 11.7 Å². The number of halogens is 4. The van der Waals surface area contributed by atoms with E-state index in [1.54, 1.807) is 17.0 Å². The molecule has 0 aliphatic carbocycles. The van der Waals surface area contributed by atoms with Gasteiger partial charge in [-0.25, -0.2) is 0 Å². The van der Waals surface area contributed by atoms with Crippen molar-refractivity contribution in [2.75, 3.05) is 13.1 Å². The third-order valence-corrected chi connectivity index (χ3v) is 6.08. The van der Waals surface area contributed by atoms with Gasteiger partial charge in [0.25, 0.3) is 5.91 Å². The predicted octanol–water partition coefficient (Wildman–Crippen LogP) is 6.02. The van der Waals surface area contributed by atoms with Gasteiger partial charge in [0.1, 0.15) is 0 Å². The zero-order valence-corrected chi connectivity index (χ0v) is 19.3. The zero-order chi connectivity index (χ0) is 24.4. The smallest absolute Gasteiger partial charge is 0.378 e. The van der Waals surface area contributed by atoms with Gasteiger partial charge in [-0.05, 0) is 68.2 Å². The maximum absolute atomic E-state index is 12.6. The average Bonchev–Trinajstić information content (AvgIpc) is 2.78. The molecule has 180 valence electrons. The summed E-state index contributed by atoms with van der Waals surface area (Å²) >= 11 is 6.19. The van der Waals surface area contributed by atoms with Gasteiger partial charge in [-0.1, -0.05) is 48.0 Å². The summed E-state index contributed by atoms with van der Waals surface area (Å²) in [6.45, 7) is -0.740. The maximum Gasteiger partial charge on any atom is 0.379 e. The first-order valence-corrected chi connectivity index (χ1v) is 11.3. The first-order valence-electron chi connectivity index (χ1n) is 10.9. The molecule has 1 atom stereocenters. The zero-order valence-electron chi connectivity index (χ0n) is 18.5. The highest BCUT2D eigenvalue weighted by molar-refractivity contribution is 6.33. The highest BCUT2D eigenvalue weighted by Crippen LogP contribution is 2.26. The number of ketones is 1. The maximum atomic E-state index is 12.6. The molecule has 0 bridgehead atoms. The van der Waals surface area contributed by atoms with Crippen LogP contribution in [0, 0.1) is 5.92 Å². The van der Waals surface area contributed by atoms with E-state index in [2.05, 4.69) is 0 Å². The van der Waals surface area contributed by atoms with Crippen molar-refractivity contribution >= 4 is 23.3 Å². The molecule has 2 aromatic rings. The lowest BCUT2D eigenvalue weighted by molar-refractivity contribution is -0.142. The Bertz CT molecular complexity index is 900. The number of benzene rings is 2. The minimum Gasteiger partial charge on any atom is -0.378 e. The number of aliphatic hydroxyl groups excluding tert-OH is 1. The Labute approximate surface area is 197 Å². The fourth-order valence-corrected chi connectivity index (χ4v) is 4.32. The van der Waals surface area contributed by atoms with Crippen molar-refractivity contribution in [1.82, 2.24) is 4.90 Å². The van der Waals surface area contributed by atoms with Crippen molar-refractivity contribution in [3.05, 3.63) is 70.2 Å². The van der Waals surface area contributed by atoms with Crippen molar-refractivity contribution < 1.29 is 27.9 Å². The number of aliphatic hydroxyl groups is 1. The van der Waals surface area contributed by atoms with Crippen LogP contribution in [0.2, 0.25) is 5.02 Å². The van der Waals surface area contributed by atoms with Gasteiger partial charge in [-0.2, -0.15) is 13.2 Å². The summed E-state index contributed by atoms with van der Waals surface area (Å²) in [4.78, 5) is 25.8. The minimum atomic E-state index is -3.67. The van der Waals surface area contributed by atoms with Gasteiger partial charge < -0.3 is 10.0 Å². The van der Waals surface area contributed by atoms with Crippen LogP contribution in [0.3, 0.4) is 0 Å². The molecule has 1 N–H and O–H groups in total. The number of nitrogens with zero attached hydrogens (tertiary/aromatic N) is 1. The second-order valence-electron chi connectivity index (χ2n) is 8.09. The SMILES string of the molecule is CC(=O)c1ccc(CCCC2CCN(C(=O)C(O)c3ccccc3)CC2)cc1Cl.FC(F)F. The molecule has 1 aliphatic heterocycles. The molecule has 8 heteroatoms. The Morgan fingerprint density at radius 3 is 2.24 bits per heavy atom. The Morgan fingerprint density at radius 2 is 1.70 bits per heavy atom. The molecule has 0 aromatic heterocycles. The van der Waals surface area contributed by atoms with E-state index in [1.807, 2.05) is 36.4 Å². The summed E-state index contributed by atoms with van der Waals surface area (Å²) in [6, 6.07) is 14.8. The van der Waals surface area contributed by atoms with Crippen LogP contribution in [0.25, 0.3) is 0 Å². The van der Waals surface area contributed by atoms with Crippen LogP contribution in [0.4, 0.5) is 13.2 Å². The second kappa shape index (κ2) is 13.4. The molecule has 0 saturated carbocycles. The lowest BCUT2D eigenvalue weighted by Crippen LogP contribution is -2.41. The normalized spacial score (nSPS) is 15.1. The number of aryl methyl sites for hydroxylation is 1. The number of hydrogen-bond donors (Lipinski definition) is 1. The van der Waals surface area contributed by atoms with E-state index in [9.17, 15) is 27.9 Å². The van der Waals surface area contributed by atoms with Crippen molar-refractivity contribution in [1.29, 1.82) is 0 Å². The Balaban J connectivity index is 0.000000890. The van der Waals surface area contributed by atoms with E-state index in [0.29, 0.717) is 35.2 Å². The summed E-state index contributed by atoms with van der Waals surface area (Å²) < 4.78 is 29.0. The number of carbonyl (C=O) groups is 2.